The first-order chi connectivity index (χ1) is 6.73. The molecule has 0 bridgehead atoms. The minimum Gasteiger partial charge on any atom is -0.0654 e. The van der Waals surface area contributed by atoms with Crippen LogP contribution < -0.4 is 0 Å². The van der Waals surface area contributed by atoms with Gasteiger partial charge >= 0.3 is 0 Å². The Morgan fingerprint density at radius 1 is 0.933 bits per heavy atom. The third-order valence-electron chi connectivity index (χ3n) is 5.16. The van der Waals surface area contributed by atoms with Gasteiger partial charge in [0.15, 0.2) is 0 Å². The van der Waals surface area contributed by atoms with Gasteiger partial charge < -0.3 is 0 Å². The molecule has 0 heterocycles. The predicted molar refractivity (Wildman–Crippen MR) is 71.1 cm³/mol. The lowest BCUT2D eigenvalue weighted by molar-refractivity contribution is -0.00489. The van der Waals surface area contributed by atoms with Crippen molar-refractivity contribution in [1.29, 1.82) is 0 Å². The second kappa shape index (κ2) is 5.37. The number of hydrogen-bond donors (Lipinski definition) is 0. The summed E-state index contributed by atoms with van der Waals surface area (Å²) >= 11 is 0. The molecule has 0 N–H and O–H groups in total. The Balaban J connectivity index is 4.98. The van der Waals surface area contributed by atoms with E-state index >= 15 is 0 Å². The average Bonchev–Trinajstić information content (AvgIpc) is 2.14. The van der Waals surface area contributed by atoms with Gasteiger partial charge in [-0.3, -0.25) is 0 Å². The summed E-state index contributed by atoms with van der Waals surface area (Å²) in [6, 6.07) is 0. The largest absolute Gasteiger partial charge is 0.0654 e. The van der Waals surface area contributed by atoms with E-state index in [4.69, 9.17) is 0 Å². The Kier molecular flexibility index (Phi) is 5.37. The van der Waals surface area contributed by atoms with Gasteiger partial charge in [-0.1, -0.05) is 61.8 Å². The van der Waals surface area contributed by atoms with Crippen molar-refractivity contribution in [2.24, 2.45) is 22.7 Å². The van der Waals surface area contributed by atoms with Crippen LogP contribution in [0.3, 0.4) is 0 Å². The van der Waals surface area contributed by atoms with Crippen LogP contribution >= 0.6 is 0 Å². The molecule has 0 heteroatoms. The molecule has 0 nitrogen and oxygen atoms in total. The Hall–Kier alpha value is 0. The molecule has 0 aromatic carbocycles. The highest BCUT2D eigenvalue weighted by Gasteiger charge is 2.43. The molecular formula is C15H32. The highest BCUT2D eigenvalue weighted by Crippen LogP contribution is 2.51. The van der Waals surface area contributed by atoms with Crippen molar-refractivity contribution < 1.29 is 0 Å². The van der Waals surface area contributed by atoms with E-state index in [1.165, 1.54) is 19.3 Å². The summed E-state index contributed by atoms with van der Waals surface area (Å²) < 4.78 is 0. The normalized spacial score (nSPS) is 19.0. The first-order valence-corrected chi connectivity index (χ1v) is 6.73. The molecule has 0 saturated carbocycles. The minimum absolute atomic E-state index is 0.459. The summed E-state index contributed by atoms with van der Waals surface area (Å²) in [6.45, 7) is 19.2. The van der Waals surface area contributed by atoms with Crippen molar-refractivity contribution in [3.63, 3.8) is 0 Å². The van der Waals surface area contributed by atoms with Gasteiger partial charge in [-0.2, -0.15) is 0 Å². The van der Waals surface area contributed by atoms with Crippen molar-refractivity contribution >= 4 is 0 Å². The summed E-state index contributed by atoms with van der Waals surface area (Å²) in [6.07, 6.45) is 3.93. The summed E-state index contributed by atoms with van der Waals surface area (Å²) in [5.41, 5.74) is 0.928. The highest BCUT2D eigenvalue weighted by atomic mass is 14.5. The van der Waals surface area contributed by atoms with Crippen LogP contribution in [0.2, 0.25) is 0 Å². The van der Waals surface area contributed by atoms with Crippen molar-refractivity contribution in [1.82, 2.24) is 0 Å². The van der Waals surface area contributed by atoms with E-state index in [1.807, 2.05) is 0 Å². The van der Waals surface area contributed by atoms with Crippen LogP contribution in [0.4, 0.5) is 0 Å². The zero-order valence-corrected chi connectivity index (χ0v) is 12.3. The second-order valence-electron chi connectivity index (χ2n) is 6.44. The number of hydrogen-bond acceptors (Lipinski definition) is 0. The maximum absolute atomic E-state index is 2.49. The molecule has 92 valence electrons. The van der Waals surface area contributed by atoms with E-state index in [0.29, 0.717) is 10.8 Å². The van der Waals surface area contributed by atoms with Crippen LogP contribution in [-0.2, 0) is 0 Å². The SMILES string of the molecule is CCCC(C)(C)C(C)(CC)C(C)C(C)C. The maximum atomic E-state index is 2.49. The molecule has 0 rings (SSSR count). The van der Waals surface area contributed by atoms with Gasteiger partial charge in [-0.15, -0.1) is 0 Å². The van der Waals surface area contributed by atoms with E-state index in [-0.39, 0.29) is 0 Å². The van der Waals surface area contributed by atoms with Gasteiger partial charge in [0.25, 0.3) is 0 Å². The number of rotatable bonds is 6. The predicted octanol–water partition coefficient (Wildman–Crippen LogP) is 5.52. The summed E-state index contributed by atoms with van der Waals surface area (Å²) in [5.74, 6) is 1.58. The van der Waals surface area contributed by atoms with E-state index in [0.717, 1.165) is 11.8 Å². The summed E-state index contributed by atoms with van der Waals surface area (Å²) in [5, 5.41) is 0. The average molecular weight is 212 g/mol. The molecule has 0 aliphatic rings. The zero-order chi connectivity index (χ0) is 12.3. The van der Waals surface area contributed by atoms with Crippen molar-refractivity contribution in [2.45, 2.75) is 74.7 Å². The van der Waals surface area contributed by atoms with Gasteiger partial charge in [0.1, 0.15) is 0 Å². The molecule has 0 aliphatic carbocycles. The third-order valence-corrected chi connectivity index (χ3v) is 5.16. The molecule has 0 amide bonds. The first kappa shape index (κ1) is 15.0. The fraction of sp³-hybridized carbons (Fsp3) is 1.00. The van der Waals surface area contributed by atoms with Crippen LogP contribution in [0.5, 0.6) is 0 Å². The summed E-state index contributed by atoms with van der Waals surface area (Å²) in [7, 11) is 0. The molecule has 0 radical (unpaired) electrons. The topological polar surface area (TPSA) is 0 Å². The Morgan fingerprint density at radius 3 is 1.67 bits per heavy atom. The zero-order valence-electron chi connectivity index (χ0n) is 12.3. The van der Waals surface area contributed by atoms with Gasteiger partial charge in [0, 0.05) is 0 Å². The first-order valence-electron chi connectivity index (χ1n) is 6.73. The molecule has 0 spiro atoms. The standard InChI is InChI=1S/C15H32/c1-9-11-14(6,7)15(8,10-2)13(5)12(3)4/h12-13H,9-11H2,1-8H3. The molecule has 15 heavy (non-hydrogen) atoms. The Morgan fingerprint density at radius 2 is 1.40 bits per heavy atom. The fourth-order valence-corrected chi connectivity index (χ4v) is 3.06. The molecular weight excluding hydrogens is 180 g/mol. The lowest BCUT2D eigenvalue weighted by atomic mass is 9.55. The van der Waals surface area contributed by atoms with Gasteiger partial charge in [-0.25, -0.2) is 0 Å². The van der Waals surface area contributed by atoms with E-state index in [9.17, 15) is 0 Å². The van der Waals surface area contributed by atoms with Crippen molar-refractivity contribution in [3.8, 4) is 0 Å². The van der Waals surface area contributed by atoms with Crippen molar-refractivity contribution in [2.75, 3.05) is 0 Å². The van der Waals surface area contributed by atoms with Crippen LogP contribution in [0.1, 0.15) is 74.7 Å². The molecule has 0 fully saturated rings. The van der Waals surface area contributed by atoms with Crippen LogP contribution in [0, 0.1) is 22.7 Å². The smallest absolute Gasteiger partial charge is 0.0249 e. The monoisotopic (exact) mass is 212 g/mol. The van der Waals surface area contributed by atoms with Gasteiger partial charge in [0.05, 0.1) is 0 Å². The van der Waals surface area contributed by atoms with Gasteiger partial charge in [-0.05, 0) is 35.5 Å². The lowest BCUT2D eigenvalue weighted by Crippen LogP contribution is -2.42. The van der Waals surface area contributed by atoms with Crippen LogP contribution in [0.25, 0.3) is 0 Å². The maximum Gasteiger partial charge on any atom is -0.0249 e. The second-order valence-corrected chi connectivity index (χ2v) is 6.44. The molecule has 0 aromatic heterocycles. The van der Waals surface area contributed by atoms with Gasteiger partial charge in [0.2, 0.25) is 0 Å². The van der Waals surface area contributed by atoms with Crippen LogP contribution in [-0.4, -0.2) is 0 Å². The Bertz CT molecular complexity index is 178. The Labute approximate surface area is 97.8 Å². The fourth-order valence-electron chi connectivity index (χ4n) is 3.06. The van der Waals surface area contributed by atoms with Crippen molar-refractivity contribution in [3.05, 3.63) is 0 Å². The molecule has 0 saturated heterocycles. The molecule has 0 aliphatic heterocycles. The molecule has 2 unspecified atom stereocenters. The van der Waals surface area contributed by atoms with E-state index < -0.39 is 0 Å². The molecule has 2 atom stereocenters. The third kappa shape index (κ3) is 2.98. The van der Waals surface area contributed by atoms with Crippen LogP contribution in [0.15, 0.2) is 0 Å². The quantitative estimate of drug-likeness (QED) is 0.543. The van der Waals surface area contributed by atoms with E-state index in [2.05, 4.69) is 55.4 Å². The minimum atomic E-state index is 0.459. The lowest BCUT2D eigenvalue weighted by Gasteiger charge is -2.50. The van der Waals surface area contributed by atoms with E-state index in [1.54, 1.807) is 0 Å². The summed E-state index contributed by atoms with van der Waals surface area (Å²) in [4.78, 5) is 0. The molecule has 0 aromatic rings. The highest BCUT2D eigenvalue weighted by molar-refractivity contribution is 4.92.